The third kappa shape index (κ3) is 3.51. The van der Waals surface area contributed by atoms with Crippen LogP contribution >= 0.6 is 10.7 Å². The van der Waals surface area contributed by atoms with Crippen molar-refractivity contribution in [3.63, 3.8) is 0 Å². The van der Waals surface area contributed by atoms with Gasteiger partial charge in [0.2, 0.25) is 9.05 Å². The molecule has 0 N–H and O–H groups in total. The molecule has 0 amide bonds. The van der Waals surface area contributed by atoms with Crippen molar-refractivity contribution in [3.05, 3.63) is 23.8 Å². The van der Waals surface area contributed by atoms with Gasteiger partial charge in [0.25, 0.3) is 0 Å². The summed E-state index contributed by atoms with van der Waals surface area (Å²) in [5, 5.41) is 0. The Morgan fingerprint density at radius 2 is 2.12 bits per heavy atom. The first kappa shape index (κ1) is 12.5. The predicted octanol–water partition coefficient (Wildman–Crippen LogP) is 2.31. The van der Waals surface area contributed by atoms with Gasteiger partial charge in [0.1, 0.15) is 0 Å². The standard InChI is InChI=1S/C11H13ClO4S/c1-15-10-4-2-3-8(7-17(12,13)14)11(10)16-9-5-6-9/h2-4,9H,5-7H2,1H3. The smallest absolute Gasteiger partial charge is 0.236 e. The molecule has 17 heavy (non-hydrogen) atoms. The summed E-state index contributed by atoms with van der Waals surface area (Å²) in [5.74, 6) is 0.768. The fraction of sp³-hybridized carbons (Fsp3) is 0.455. The van der Waals surface area contributed by atoms with Crippen LogP contribution in [0.4, 0.5) is 0 Å². The Morgan fingerprint density at radius 1 is 1.41 bits per heavy atom. The van der Waals surface area contributed by atoms with E-state index in [0.29, 0.717) is 17.1 Å². The zero-order valence-corrected chi connectivity index (χ0v) is 10.9. The molecular weight excluding hydrogens is 264 g/mol. The Balaban J connectivity index is 2.34. The Morgan fingerprint density at radius 3 is 2.65 bits per heavy atom. The molecule has 1 aromatic rings. The number of benzene rings is 1. The first-order valence-electron chi connectivity index (χ1n) is 5.24. The van der Waals surface area contributed by atoms with Gasteiger partial charge in [-0.15, -0.1) is 0 Å². The van der Waals surface area contributed by atoms with Crippen molar-refractivity contribution >= 4 is 19.7 Å². The highest BCUT2D eigenvalue weighted by atomic mass is 35.7. The Hall–Kier alpha value is -0.940. The molecule has 6 heteroatoms. The van der Waals surface area contributed by atoms with Gasteiger partial charge in [-0.05, 0) is 18.9 Å². The number of ether oxygens (including phenoxy) is 2. The molecule has 1 aromatic carbocycles. The third-order valence-corrected chi connectivity index (χ3v) is 3.40. The molecule has 0 atom stereocenters. The number of rotatable bonds is 5. The minimum atomic E-state index is -3.60. The van der Waals surface area contributed by atoms with Crippen molar-refractivity contribution in [2.45, 2.75) is 24.7 Å². The van der Waals surface area contributed by atoms with Gasteiger partial charge in [0.15, 0.2) is 11.5 Å². The number of halogens is 1. The molecule has 0 aliphatic heterocycles. The summed E-state index contributed by atoms with van der Waals surface area (Å²) in [4.78, 5) is 0. The lowest BCUT2D eigenvalue weighted by atomic mass is 10.2. The van der Waals surface area contributed by atoms with Crippen LogP contribution in [0.5, 0.6) is 11.5 Å². The third-order valence-electron chi connectivity index (χ3n) is 2.42. The lowest BCUT2D eigenvalue weighted by Gasteiger charge is -2.13. The van der Waals surface area contributed by atoms with Gasteiger partial charge in [0, 0.05) is 16.2 Å². The molecule has 0 spiro atoms. The maximum Gasteiger partial charge on any atom is 0.236 e. The summed E-state index contributed by atoms with van der Waals surface area (Å²) in [6, 6.07) is 5.14. The van der Waals surface area contributed by atoms with Crippen LogP contribution in [-0.2, 0) is 14.8 Å². The molecule has 1 saturated carbocycles. The topological polar surface area (TPSA) is 52.6 Å². The van der Waals surface area contributed by atoms with E-state index in [0.717, 1.165) is 12.8 Å². The molecule has 2 rings (SSSR count). The highest BCUT2D eigenvalue weighted by Gasteiger charge is 2.27. The van der Waals surface area contributed by atoms with E-state index in [2.05, 4.69) is 0 Å². The molecule has 1 aliphatic carbocycles. The normalized spacial score (nSPS) is 15.6. The van der Waals surface area contributed by atoms with Gasteiger partial charge in [-0.1, -0.05) is 12.1 Å². The van der Waals surface area contributed by atoms with Gasteiger partial charge in [-0.25, -0.2) is 8.42 Å². The molecule has 0 radical (unpaired) electrons. The number of methoxy groups -OCH3 is 1. The van der Waals surface area contributed by atoms with Crippen LogP contribution in [0.3, 0.4) is 0 Å². The van der Waals surface area contributed by atoms with E-state index >= 15 is 0 Å². The van der Waals surface area contributed by atoms with Gasteiger partial charge < -0.3 is 9.47 Å². The van der Waals surface area contributed by atoms with E-state index in [1.54, 1.807) is 18.2 Å². The largest absolute Gasteiger partial charge is 0.493 e. The van der Waals surface area contributed by atoms with Crippen molar-refractivity contribution in [2.24, 2.45) is 0 Å². The average molecular weight is 277 g/mol. The lowest BCUT2D eigenvalue weighted by molar-refractivity contribution is 0.280. The summed E-state index contributed by atoms with van der Waals surface area (Å²) in [7, 11) is 3.18. The van der Waals surface area contributed by atoms with Crippen molar-refractivity contribution in [3.8, 4) is 11.5 Å². The molecule has 4 nitrogen and oxygen atoms in total. The molecule has 0 saturated heterocycles. The molecule has 1 aliphatic rings. The van der Waals surface area contributed by atoms with Crippen LogP contribution in [0.2, 0.25) is 0 Å². The minimum absolute atomic E-state index is 0.170. The van der Waals surface area contributed by atoms with Gasteiger partial charge in [-0.2, -0.15) is 0 Å². The lowest BCUT2D eigenvalue weighted by Crippen LogP contribution is -2.04. The molecule has 1 fully saturated rings. The molecule has 0 unspecified atom stereocenters. The van der Waals surface area contributed by atoms with Crippen LogP contribution in [0.15, 0.2) is 18.2 Å². The van der Waals surface area contributed by atoms with Crippen LogP contribution in [-0.4, -0.2) is 21.6 Å². The van der Waals surface area contributed by atoms with Crippen molar-refractivity contribution < 1.29 is 17.9 Å². The maximum atomic E-state index is 11.1. The SMILES string of the molecule is COc1cccc(CS(=O)(=O)Cl)c1OC1CC1. The quantitative estimate of drug-likeness (QED) is 0.775. The first-order valence-corrected chi connectivity index (χ1v) is 7.72. The second-order valence-electron chi connectivity index (χ2n) is 3.95. The van der Waals surface area contributed by atoms with E-state index in [9.17, 15) is 8.42 Å². The average Bonchev–Trinajstić information content (AvgIpc) is 3.02. The Bertz CT molecular complexity index is 508. The zero-order valence-electron chi connectivity index (χ0n) is 9.35. The zero-order chi connectivity index (χ0) is 12.5. The van der Waals surface area contributed by atoms with E-state index < -0.39 is 9.05 Å². The summed E-state index contributed by atoms with van der Waals surface area (Å²) >= 11 is 0. The van der Waals surface area contributed by atoms with E-state index in [1.807, 2.05) is 0 Å². The first-order chi connectivity index (χ1) is 7.99. The highest BCUT2D eigenvalue weighted by molar-refractivity contribution is 8.13. The predicted molar refractivity (Wildman–Crippen MR) is 65.1 cm³/mol. The van der Waals surface area contributed by atoms with Crippen LogP contribution < -0.4 is 9.47 Å². The summed E-state index contributed by atoms with van der Waals surface area (Å²) in [6.07, 6.45) is 2.15. The number of hydrogen-bond donors (Lipinski definition) is 0. The monoisotopic (exact) mass is 276 g/mol. The Kier molecular flexibility index (Phi) is 3.49. The fourth-order valence-electron chi connectivity index (χ4n) is 1.51. The minimum Gasteiger partial charge on any atom is -0.493 e. The molecule has 0 bridgehead atoms. The maximum absolute atomic E-state index is 11.1. The van der Waals surface area contributed by atoms with E-state index in [4.69, 9.17) is 20.2 Å². The number of para-hydroxylation sites is 1. The van der Waals surface area contributed by atoms with Crippen molar-refractivity contribution in [2.75, 3.05) is 7.11 Å². The van der Waals surface area contributed by atoms with Gasteiger partial charge in [0.05, 0.1) is 19.0 Å². The van der Waals surface area contributed by atoms with E-state index in [1.165, 1.54) is 7.11 Å². The van der Waals surface area contributed by atoms with Crippen molar-refractivity contribution in [1.29, 1.82) is 0 Å². The van der Waals surface area contributed by atoms with Crippen LogP contribution in [0.1, 0.15) is 18.4 Å². The summed E-state index contributed by atoms with van der Waals surface area (Å²) < 4.78 is 33.1. The second-order valence-corrected chi connectivity index (χ2v) is 6.73. The van der Waals surface area contributed by atoms with Gasteiger partial charge >= 0.3 is 0 Å². The van der Waals surface area contributed by atoms with Crippen molar-refractivity contribution in [1.82, 2.24) is 0 Å². The van der Waals surface area contributed by atoms with Gasteiger partial charge in [-0.3, -0.25) is 0 Å². The Labute approximate surface area is 105 Å². The molecule has 0 heterocycles. The summed E-state index contributed by atoms with van der Waals surface area (Å²) in [6.45, 7) is 0. The van der Waals surface area contributed by atoms with Crippen LogP contribution in [0, 0.1) is 0 Å². The molecule has 0 aromatic heterocycles. The molecule has 94 valence electrons. The van der Waals surface area contributed by atoms with Crippen LogP contribution in [0.25, 0.3) is 0 Å². The summed E-state index contributed by atoms with van der Waals surface area (Å²) in [5.41, 5.74) is 0.534. The molecular formula is C11H13ClO4S. The number of hydrogen-bond acceptors (Lipinski definition) is 4. The highest BCUT2D eigenvalue weighted by Crippen LogP contribution is 2.37. The van der Waals surface area contributed by atoms with E-state index in [-0.39, 0.29) is 11.9 Å². The fourth-order valence-corrected chi connectivity index (χ4v) is 2.46. The second kappa shape index (κ2) is 4.74.